The van der Waals surface area contributed by atoms with Crippen molar-refractivity contribution in [2.75, 3.05) is 19.6 Å². The van der Waals surface area contributed by atoms with Gasteiger partial charge >= 0.3 is 0 Å². The first-order chi connectivity index (χ1) is 8.65. The normalized spacial score (nSPS) is 28.2. The first-order valence-corrected chi connectivity index (χ1v) is 7.18. The molecular weight excluding hydrogens is 220 g/mol. The molecule has 1 aromatic rings. The SMILES string of the molecule is CC1(C)CN(Cc2ccccc2)CC2CCCN21. The number of hydrogen-bond acceptors (Lipinski definition) is 2. The van der Waals surface area contributed by atoms with Gasteiger partial charge in [0.2, 0.25) is 0 Å². The molecule has 0 spiro atoms. The van der Waals surface area contributed by atoms with Crippen LogP contribution in [0.15, 0.2) is 30.3 Å². The van der Waals surface area contributed by atoms with Crippen LogP contribution >= 0.6 is 0 Å². The van der Waals surface area contributed by atoms with E-state index in [1.165, 1.54) is 38.0 Å². The van der Waals surface area contributed by atoms with Gasteiger partial charge in [0.15, 0.2) is 0 Å². The molecule has 0 N–H and O–H groups in total. The monoisotopic (exact) mass is 244 g/mol. The molecule has 1 aromatic carbocycles. The standard InChI is InChI=1S/C16H24N2/c1-16(2)13-17(11-14-7-4-3-5-8-14)12-15-9-6-10-18(15)16/h3-5,7-8,15H,6,9-13H2,1-2H3. The van der Waals surface area contributed by atoms with Crippen molar-refractivity contribution in [3.8, 4) is 0 Å². The van der Waals surface area contributed by atoms with Gasteiger partial charge in [0.1, 0.15) is 0 Å². The summed E-state index contributed by atoms with van der Waals surface area (Å²) < 4.78 is 0. The molecule has 2 aliphatic heterocycles. The molecule has 2 nitrogen and oxygen atoms in total. The number of piperazine rings is 1. The van der Waals surface area contributed by atoms with E-state index >= 15 is 0 Å². The van der Waals surface area contributed by atoms with Crippen molar-refractivity contribution in [1.29, 1.82) is 0 Å². The maximum Gasteiger partial charge on any atom is 0.0283 e. The molecule has 0 bridgehead atoms. The number of fused-ring (bicyclic) bond motifs is 1. The predicted molar refractivity (Wildman–Crippen MR) is 75.5 cm³/mol. The number of nitrogens with zero attached hydrogens (tertiary/aromatic N) is 2. The van der Waals surface area contributed by atoms with Crippen LogP contribution in [0.25, 0.3) is 0 Å². The minimum atomic E-state index is 0.341. The highest BCUT2D eigenvalue weighted by atomic mass is 15.3. The molecule has 1 unspecified atom stereocenters. The van der Waals surface area contributed by atoms with Crippen molar-refractivity contribution in [2.45, 2.75) is 44.8 Å². The van der Waals surface area contributed by atoms with Gasteiger partial charge in [-0.1, -0.05) is 30.3 Å². The van der Waals surface area contributed by atoms with Gasteiger partial charge in [-0.15, -0.1) is 0 Å². The van der Waals surface area contributed by atoms with E-state index in [9.17, 15) is 0 Å². The van der Waals surface area contributed by atoms with E-state index < -0.39 is 0 Å². The summed E-state index contributed by atoms with van der Waals surface area (Å²) in [6.45, 7) is 9.66. The maximum atomic E-state index is 2.73. The molecule has 1 atom stereocenters. The van der Waals surface area contributed by atoms with Gasteiger partial charge in [-0.2, -0.15) is 0 Å². The molecule has 3 rings (SSSR count). The molecule has 0 aromatic heterocycles. The van der Waals surface area contributed by atoms with Crippen molar-refractivity contribution in [3.63, 3.8) is 0 Å². The van der Waals surface area contributed by atoms with E-state index in [2.05, 4.69) is 54.0 Å². The second-order valence-corrected chi connectivity index (χ2v) is 6.46. The van der Waals surface area contributed by atoms with Gasteiger partial charge in [0.25, 0.3) is 0 Å². The van der Waals surface area contributed by atoms with Crippen molar-refractivity contribution >= 4 is 0 Å². The van der Waals surface area contributed by atoms with Crippen LogP contribution in [0.5, 0.6) is 0 Å². The largest absolute Gasteiger partial charge is 0.296 e. The predicted octanol–water partition coefficient (Wildman–Crippen LogP) is 2.75. The van der Waals surface area contributed by atoms with E-state index in [0.29, 0.717) is 5.54 Å². The molecule has 0 radical (unpaired) electrons. The lowest BCUT2D eigenvalue weighted by molar-refractivity contribution is -0.00421. The Labute approximate surface area is 111 Å². The fourth-order valence-corrected chi connectivity index (χ4v) is 3.79. The Morgan fingerprint density at radius 1 is 1.22 bits per heavy atom. The van der Waals surface area contributed by atoms with Gasteiger partial charge in [0, 0.05) is 31.2 Å². The summed E-state index contributed by atoms with van der Waals surface area (Å²) in [6, 6.07) is 11.7. The van der Waals surface area contributed by atoms with E-state index in [1.54, 1.807) is 0 Å². The van der Waals surface area contributed by atoms with Crippen molar-refractivity contribution < 1.29 is 0 Å². The quantitative estimate of drug-likeness (QED) is 0.789. The molecule has 2 saturated heterocycles. The topological polar surface area (TPSA) is 6.48 Å². The lowest BCUT2D eigenvalue weighted by Crippen LogP contribution is -2.61. The fraction of sp³-hybridized carbons (Fsp3) is 0.625. The van der Waals surface area contributed by atoms with Crippen LogP contribution in [0, 0.1) is 0 Å². The first-order valence-electron chi connectivity index (χ1n) is 7.18. The molecule has 98 valence electrons. The average Bonchev–Trinajstić information content (AvgIpc) is 2.78. The van der Waals surface area contributed by atoms with Gasteiger partial charge < -0.3 is 0 Å². The first kappa shape index (κ1) is 12.2. The highest BCUT2D eigenvalue weighted by Crippen LogP contribution is 2.32. The Hall–Kier alpha value is -0.860. The third kappa shape index (κ3) is 2.32. The fourth-order valence-electron chi connectivity index (χ4n) is 3.79. The third-order valence-electron chi connectivity index (χ3n) is 4.48. The Morgan fingerprint density at radius 3 is 2.78 bits per heavy atom. The number of hydrogen-bond donors (Lipinski definition) is 0. The van der Waals surface area contributed by atoms with Gasteiger partial charge in [-0.25, -0.2) is 0 Å². The van der Waals surface area contributed by atoms with Crippen LogP contribution in [0.3, 0.4) is 0 Å². The summed E-state index contributed by atoms with van der Waals surface area (Å²) in [5.41, 5.74) is 1.79. The molecule has 2 heteroatoms. The maximum absolute atomic E-state index is 2.73. The van der Waals surface area contributed by atoms with Crippen molar-refractivity contribution in [3.05, 3.63) is 35.9 Å². The average molecular weight is 244 g/mol. The highest BCUT2D eigenvalue weighted by Gasteiger charge is 2.41. The van der Waals surface area contributed by atoms with Crippen molar-refractivity contribution in [1.82, 2.24) is 9.80 Å². The van der Waals surface area contributed by atoms with E-state index in [4.69, 9.17) is 0 Å². The van der Waals surface area contributed by atoms with Crippen LogP contribution < -0.4 is 0 Å². The summed E-state index contributed by atoms with van der Waals surface area (Å²) in [5.74, 6) is 0. The van der Waals surface area contributed by atoms with Gasteiger partial charge in [-0.05, 0) is 38.8 Å². The summed E-state index contributed by atoms with van der Waals surface area (Å²) in [7, 11) is 0. The summed E-state index contributed by atoms with van der Waals surface area (Å²) in [6.07, 6.45) is 2.77. The number of rotatable bonds is 2. The summed E-state index contributed by atoms with van der Waals surface area (Å²) >= 11 is 0. The lowest BCUT2D eigenvalue weighted by Gasteiger charge is -2.49. The summed E-state index contributed by atoms with van der Waals surface area (Å²) in [5, 5.41) is 0. The molecule has 18 heavy (non-hydrogen) atoms. The minimum Gasteiger partial charge on any atom is -0.296 e. The Bertz CT molecular complexity index is 399. The zero-order valence-electron chi connectivity index (χ0n) is 11.6. The third-order valence-corrected chi connectivity index (χ3v) is 4.48. The van der Waals surface area contributed by atoms with Crippen LogP contribution in [0.2, 0.25) is 0 Å². The van der Waals surface area contributed by atoms with E-state index in [0.717, 1.165) is 12.6 Å². The molecule has 2 aliphatic rings. The molecule has 2 heterocycles. The van der Waals surface area contributed by atoms with Crippen LogP contribution in [-0.2, 0) is 6.54 Å². The minimum absolute atomic E-state index is 0.341. The van der Waals surface area contributed by atoms with Crippen LogP contribution in [-0.4, -0.2) is 41.0 Å². The lowest BCUT2D eigenvalue weighted by atomic mass is 9.96. The highest BCUT2D eigenvalue weighted by molar-refractivity contribution is 5.15. The second kappa shape index (κ2) is 4.67. The van der Waals surface area contributed by atoms with E-state index in [1.807, 2.05) is 0 Å². The molecular formula is C16H24N2. The Kier molecular flexibility index (Phi) is 3.16. The number of benzene rings is 1. The molecule has 0 aliphatic carbocycles. The van der Waals surface area contributed by atoms with Gasteiger partial charge in [-0.3, -0.25) is 9.80 Å². The Morgan fingerprint density at radius 2 is 2.00 bits per heavy atom. The Balaban J connectivity index is 1.71. The van der Waals surface area contributed by atoms with Crippen LogP contribution in [0.4, 0.5) is 0 Å². The molecule has 0 amide bonds. The van der Waals surface area contributed by atoms with Gasteiger partial charge in [0.05, 0.1) is 0 Å². The van der Waals surface area contributed by atoms with Crippen LogP contribution in [0.1, 0.15) is 32.3 Å². The smallest absolute Gasteiger partial charge is 0.0283 e. The van der Waals surface area contributed by atoms with E-state index in [-0.39, 0.29) is 0 Å². The van der Waals surface area contributed by atoms with Crippen molar-refractivity contribution in [2.24, 2.45) is 0 Å². The second-order valence-electron chi connectivity index (χ2n) is 6.46. The molecule has 2 fully saturated rings. The zero-order chi connectivity index (χ0) is 12.6. The molecule has 0 saturated carbocycles. The summed E-state index contributed by atoms with van der Waals surface area (Å²) in [4.78, 5) is 5.37. The zero-order valence-corrected chi connectivity index (χ0v) is 11.6.